The van der Waals surface area contributed by atoms with Crippen LogP contribution in [0.4, 0.5) is 5.95 Å². The van der Waals surface area contributed by atoms with Gasteiger partial charge in [-0.1, -0.05) is 68.3 Å². The second-order valence-electron chi connectivity index (χ2n) is 9.96. The van der Waals surface area contributed by atoms with Gasteiger partial charge in [-0.15, -0.1) is 0 Å². The standard InChI is InChI=1S/C31H35ClN4O/c1-3-25(17-20-34-22(2)31(18-7-8-19-31)23-11-13-24(32)14-12-23)36-29-21-27(15-16-28(29)35-30(36)33)37-26-9-5-4-6-10-26/h4-6,9-16,21,25,34H,2-3,7-8,17-20H2,1H3,(H2,33,35). The molecule has 1 fully saturated rings. The van der Waals surface area contributed by atoms with Gasteiger partial charge in [0.15, 0.2) is 0 Å². The summed E-state index contributed by atoms with van der Waals surface area (Å²) >= 11 is 6.17. The van der Waals surface area contributed by atoms with Crippen molar-refractivity contribution in [3.63, 3.8) is 0 Å². The Morgan fingerprint density at radius 3 is 2.51 bits per heavy atom. The lowest BCUT2D eigenvalue weighted by Gasteiger charge is -2.33. The number of halogens is 1. The van der Waals surface area contributed by atoms with E-state index >= 15 is 0 Å². The fraction of sp³-hybridized carbons (Fsp3) is 0.323. The molecule has 1 aliphatic rings. The van der Waals surface area contributed by atoms with Gasteiger partial charge in [-0.05, 0) is 67.6 Å². The Hall–Kier alpha value is -3.44. The average Bonchev–Trinajstić information content (AvgIpc) is 3.53. The number of rotatable bonds is 10. The van der Waals surface area contributed by atoms with Crippen LogP contribution >= 0.6 is 11.6 Å². The van der Waals surface area contributed by atoms with Crippen molar-refractivity contribution in [2.24, 2.45) is 0 Å². The average molecular weight is 515 g/mol. The van der Waals surface area contributed by atoms with E-state index in [0.717, 1.165) is 65.5 Å². The van der Waals surface area contributed by atoms with E-state index in [1.54, 1.807) is 0 Å². The number of hydrogen-bond donors (Lipinski definition) is 2. The summed E-state index contributed by atoms with van der Waals surface area (Å²) < 4.78 is 8.23. The molecular formula is C31H35ClN4O. The summed E-state index contributed by atoms with van der Waals surface area (Å²) in [6.45, 7) is 7.51. The molecule has 3 aromatic carbocycles. The van der Waals surface area contributed by atoms with Gasteiger partial charge < -0.3 is 20.4 Å². The number of ether oxygens (including phenoxy) is 1. The van der Waals surface area contributed by atoms with Crippen LogP contribution in [0.5, 0.6) is 11.5 Å². The topological polar surface area (TPSA) is 65.1 Å². The van der Waals surface area contributed by atoms with Gasteiger partial charge in [-0.3, -0.25) is 0 Å². The van der Waals surface area contributed by atoms with Crippen LogP contribution in [0.1, 0.15) is 57.1 Å². The number of para-hydroxylation sites is 1. The van der Waals surface area contributed by atoms with Crippen LogP contribution in [0, 0.1) is 0 Å². The van der Waals surface area contributed by atoms with E-state index in [1.165, 1.54) is 18.4 Å². The van der Waals surface area contributed by atoms with Gasteiger partial charge in [-0.2, -0.15) is 0 Å². The number of nitrogen functional groups attached to an aromatic ring is 1. The molecule has 0 spiro atoms. The number of hydrogen-bond acceptors (Lipinski definition) is 4. The molecule has 1 unspecified atom stereocenters. The molecule has 6 heteroatoms. The van der Waals surface area contributed by atoms with E-state index in [-0.39, 0.29) is 11.5 Å². The number of anilines is 1. The number of nitrogens with two attached hydrogens (primary N) is 1. The highest BCUT2D eigenvalue weighted by Gasteiger charge is 2.38. The van der Waals surface area contributed by atoms with Gasteiger partial charge in [-0.25, -0.2) is 4.98 Å². The molecule has 5 nitrogen and oxygen atoms in total. The lowest BCUT2D eigenvalue weighted by atomic mass is 9.76. The molecule has 3 N–H and O–H groups in total. The predicted octanol–water partition coefficient (Wildman–Crippen LogP) is 8.02. The number of allylic oxidation sites excluding steroid dienone is 1. The smallest absolute Gasteiger partial charge is 0.201 e. The summed E-state index contributed by atoms with van der Waals surface area (Å²) in [5, 5.41) is 4.46. The third-order valence-electron chi connectivity index (χ3n) is 7.75. The lowest BCUT2D eigenvalue weighted by Crippen LogP contribution is -2.34. The molecule has 1 aliphatic carbocycles. The quantitative estimate of drug-likeness (QED) is 0.225. The third kappa shape index (κ3) is 5.19. The molecule has 1 atom stereocenters. The molecule has 0 aliphatic heterocycles. The summed E-state index contributed by atoms with van der Waals surface area (Å²) in [7, 11) is 0. The van der Waals surface area contributed by atoms with Crippen LogP contribution in [0.25, 0.3) is 11.0 Å². The van der Waals surface area contributed by atoms with Crippen molar-refractivity contribution >= 4 is 28.6 Å². The maximum absolute atomic E-state index is 6.44. The SMILES string of the molecule is C=C(NCCC(CC)n1c(N)nc2ccc(Oc3ccccc3)cc21)C1(c2ccc(Cl)cc2)CCCC1. The van der Waals surface area contributed by atoms with Crippen LogP contribution in [-0.2, 0) is 5.41 Å². The Balaban J connectivity index is 1.31. The van der Waals surface area contributed by atoms with Crippen LogP contribution < -0.4 is 15.8 Å². The van der Waals surface area contributed by atoms with Gasteiger partial charge in [0.1, 0.15) is 11.5 Å². The van der Waals surface area contributed by atoms with Gasteiger partial charge in [0.05, 0.1) is 11.0 Å². The first kappa shape index (κ1) is 25.2. The van der Waals surface area contributed by atoms with E-state index in [0.29, 0.717) is 5.95 Å². The number of nitrogens with one attached hydrogen (secondary N) is 1. The van der Waals surface area contributed by atoms with E-state index in [9.17, 15) is 0 Å². The highest BCUT2D eigenvalue weighted by molar-refractivity contribution is 6.30. The Labute approximate surface area is 224 Å². The molecule has 4 aromatic rings. The van der Waals surface area contributed by atoms with Crippen LogP contribution in [0.3, 0.4) is 0 Å². The summed E-state index contributed by atoms with van der Waals surface area (Å²) in [5.74, 6) is 2.11. The lowest BCUT2D eigenvalue weighted by molar-refractivity contribution is 0.434. The van der Waals surface area contributed by atoms with Crippen molar-refractivity contribution in [2.45, 2.75) is 56.9 Å². The summed E-state index contributed by atoms with van der Waals surface area (Å²) in [5.41, 5.74) is 10.7. The largest absolute Gasteiger partial charge is 0.457 e. The number of aromatic nitrogens is 2. The number of benzene rings is 3. The molecule has 192 valence electrons. The van der Waals surface area contributed by atoms with Crippen LogP contribution in [0.15, 0.2) is 85.1 Å². The Kier molecular flexibility index (Phi) is 7.43. The Bertz CT molecular complexity index is 1360. The van der Waals surface area contributed by atoms with Gasteiger partial charge in [0.2, 0.25) is 5.95 Å². The highest BCUT2D eigenvalue weighted by Crippen LogP contribution is 2.45. The van der Waals surface area contributed by atoms with Gasteiger partial charge in [0.25, 0.3) is 0 Å². The van der Waals surface area contributed by atoms with Crippen LogP contribution in [-0.4, -0.2) is 16.1 Å². The molecule has 0 radical (unpaired) electrons. The minimum absolute atomic E-state index is 0.0310. The molecule has 37 heavy (non-hydrogen) atoms. The zero-order chi connectivity index (χ0) is 25.8. The normalized spacial score (nSPS) is 15.5. The van der Waals surface area contributed by atoms with Crippen LogP contribution in [0.2, 0.25) is 5.02 Å². The molecule has 1 saturated carbocycles. The number of imidazole rings is 1. The monoisotopic (exact) mass is 514 g/mol. The summed E-state index contributed by atoms with van der Waals surface area (Å²) in [4.78, 5) is 4.63. The zero-order valence-corrected chi connectivity index (χ0v) is 22.2. The van der Waals surface area contributed by atoms with Crippen molar-refractivity contribution in [3.05, 3.63) is 95.7 Å². The zero-order valence-electron chi connectivity index (χ0n) is 21.4. The Morgan fingerprint density at radius 1 is 1.08 bits per heavy atom. The van der Waals surface area contributed by atoms with Crippen molar-refractivity contribution < 1.29 is 4.74 Å². The van der Waals surface area contributed by atoms with Crippen molar-refractivity contribution in [1.29, 1.82) is 0 Å². The Morgan fingerprint density at radius 2 is 1.81 bits per heavy atom. The maximum Gasteiger partial charge on any atom is 0.201 e. The second-order valence-corrected chi connectivity index (χ2v) is 10.4. The molecule has 1 aromatic heterocycles. The first-order valence-electron chi connectivity index (χ1n) is 13.2. The molecule has 0 amide bonds. The first-order valence-corrected chi connectivity index (χ1v) is 13.6. The fourth-order valence-corrected chi connectivity index (χ4v) is 5.88. The molecule has 1 heterocycles. The van der Waals surface area contributed by atoms with Gasteiger partial charge in [0, 0.05) is 34.8 Å². The van der Waals surface area contributed by atoms with Crippen molar-refractivity contribution in [1.82, 2.24) is 14.9 Å². The van der Waals surface area contributed by atoms with E-state index in [4.69, 9.17) is 22.1 Å². The summed E-state index contributed by atoms with van der Waals surface area (Å²) in [6, 6.07) is 24.2. The minimum Gasteiger partial charge on any atom is -0.457 e. The fourth-order valence-electron chi connectivity index (χ4n) is 5.75. The number of fused-ring (bicyclic) bond motifs is 1. The molecule has 5 rings (SSSR count). The minimum atomic E-state index is -0.0310. The first-order chi connectivity index (χ1) is 18.0. The molecular weight excluding hydrogens is 480 g/mol. The van der Waals surface area contributed by atoms with Gasteiger partial charge >= 0.3 is 0 Å². The highest BCUT2D eigenvalue weighted by atomic mass is 35.5. The molecule has 0 bridgehead atoms. The maximum atomic E-state index is 6.44. The van der Waals surface area contributed by atoms with E-state index in [1.807, 2.05) is 60.7 Å². The van der Waals surface area contributed by atoms with E-state index < -0.39 is 0 Å². The second kappa shape index (κ2) is 10.9. The third-order valence-corrected chi connectivity index (χ3v) is 8.00. The van der Waals surface area contributed by atoms with Crippen molar-refractivity contribution in [3.8, 4) is 11.5 Å². The van der Waals surface area contributed by atoms with E-state index in [2.05, 4.69) is 40.5 Å². The van der Waals surface area contributed by atoms with Crippen molar-refractivity contribution in [2.75, 3.05) is 12.3 Å². The predicted molar refractivity (Wildman–Crippen MR) is 153 cm³/mol. The molecule has 0 saturated heterocycles. The summed E-state index contributed by atoms with van der Waals surface area (Å²) in [6.07, 6.45) is 6.50. The number of nitrogens with zero attached hydrogens (tertiary/aromatic N) is 2.